The van der Waals surface area contributed by atoms with Crippen LogP contribution in [0.1, 0.15) is 5.82 Å². The zero-order valence-electron chi connectivity index (χ0n) is 6.36. The molecule has 0 aromatic carbocycles. The second kappa shape index (κ2) is 7.51. The number of H-pyrrole nitrogens is 1. The molecule has 0 amide bonds. The van der Waals surface area contributed by atoms with Crippen LogP contribution < -0.4 is 0 Å². The lowest BCUT2D eigenvalue weighted by atomic mass is 10.8. The molecular formula is C2H8N4O6S. The lowest BCUT2D eigenvalue weighted by Gasteiger charge is -1.68. The maximum Gasteiger partial charge on any atom is 0.394 e. The smallest absolute Gasteiger partial charge is 0.264 e. The van der Waals surface area contributed by atoms with Gasteiger partial charge in [0.25, 0.3) is 0 Å². The van der Waals surface area contributed by atoms with Crippen molar-refractivity contribution in [2.24, 2.45) is 0 Å². The minimum atomic E-state index is -4.67. The van der Waals surface area contributed by atoms with Gasteiger partial charge in [0, 0.05) is 0 Å². The molecule has 1 aromatic rings. The van der Waals surface area contributed by atoms with Crippen molar-refractivity contribution >= 4 is 10.4 Å². The average molecular weight is 216 g/mol. The van der Waals surface area contributed by atoms with Crippen LogP contribution in [0.4, 0.5) is 0 Å². The Morgan fingerprint density at radius 3 is 1.77 bits per heavy atom. The second-order valence-corrected chi connectivity index (χ2v) is 2.33. The minimum Gasteiger partial charge on any atom is -0.264 e. The minimum absolute atomic E-state index is 0.745. The molecule has 13 heavy (non-hydrogen) atoms. The molecule has 0 fully saturated rings. The Labute approximate surface area is 72.7 Å². The van der Waals surface area contributed by atoms with Gasteiger partial charge in [0.1, 0.15) is 5.82 Å². The molecule has 5 N–H and O–H groups in total. The highest BCUT2D eigenvalue weighted by Gasteiger charge is 1.84. The van der Waals surface area contributed by atoms with E-state index in [1.54, 1.807) is 6.92 Å². The number of rotatable bonds is 0. The van der Waals surface area contributed by atoms with Crippen molar-refractivity contribution in [3.63, 3.8) is 0 Å². The molecule has 0 aliphatic heterocycles. The van der Waals surface area contributed by atoms with Gasteiger partial charge >= 0.3 is 10.4 Å². The van der Waals surface area contributed by atoms with Crippen molar-refractivity contribution in [2.45, 2.75) is 6.92 Å². The molecule has 10 nitrogen and oxygen atoms in total. The quantitative estimate of drug-likeness (QED) is 0.204. The zero-order valence-corrected chi connectivity index (χ0v) is 7.17. The van der Waals surface area contributed by atoms with E-state index in [4.69, 9.17) is 28.0 Å². The van der Waals surface area contributed by atoms with Crippen molar-refractivity contribution in [1.29, 1.82) is 0 Å². The first-order valence-corrected chi connectivity index (χ1v) is 3.89. The summed E-state index contributed by atoms with van der Waals surface area (Å²) in [6, 6.07) is 0. The topological polar surface area (TPSA) is 170 Å². The third-order valence-electron chi connectivity index (χ3n) is 0.451. The van der Waals surface area contributed by atoms with Crippen LogP contribution in [0.3, 0.4) is 0 Å². The van der Waals surface area contributed by atoms with E-state index in [1.165, 1.54) is 0 Å². The number of hydrogen-bond acceptors (Lipinski definition) is 7. The molecule has 1 rings (SSSR count). The molecule has 0 aliphatic carbocycles. The average Bonchev–Trinajstić information content (AvgIpc) is 2.40. The van der Waals surface area contributed by atoms with Gasteiger partial charge in [-0.2, -0.15) is 8.42 Å². The molecule has 0 radical (unpaired) electrons. The summed E-state index contributed by atoms with van der Waals surface area (Å²) in [5.74, 6) is 0.745. The van der Waals surface area contributed by atoms with Gasteiger partial charge < -0.3 is 0 Å². The molecule has 1 aromatic heterocycles. The van der Waals surface area contributed by atoms with Gasteiger partial charge in [0.15, 0.2) is 0 Å². The van der Waals surface area contributed by atoms with Crippen molar-refractivity contribution < 1.29 is 28.0 Å². The van der Waals surface area contributed by atoms with Crippen LogP contribution in [0.15, 0.2) is 0 Å². The van der Waals surface area contributed by atoms with Crippen LogP contribution >= 0.6 is 0 Å². The summed E-state index contributed by atoms with van der Waals surface area (Å²) in [7, 11) is -4.67. The summed E-state index contributed by atoms with van der Waals surface area (Å²) < 4.78 is 31.6. The van der Waals surface area contributed by atoms with Gasteiger partial charge in [-0.05, 0) is 17.4 Å². The Hall–Kier alpha value is -1.14. The Bertz CT molecular complexity index is 272. The third-order valence-corrected chi connectivity index (χ3v) is 0.451. The first-order chi connectivity index (χ1) is 5.89. The van der Waals surface area contributed by atoms with Crippen molar-refractivity contribution in [1.82, 2.24) is 20.6 Å². The Kier molecular flexibility index (Phi) is 8.31. The van der Waals surface area contributed by atoms with Crippen LogP contribution in [0.25, 0.3) is 0 Å². The molecule has 0 unspecified atom stereocenters. The maximum absolute atomic E-state index is 8.74. The van der Waals surface area contributed by atoms with Crippen molar-refractivity contribution in [3.8, 4) is 0 Å². The largest absolute Gasteiger partial charge is 0.394 e. The van der Waals surface area contributed by atoms with E-state index in [0.717, 1.165) is 5.82 Å². The number of aryl methyl sites for hydroxylation is 1. The number of nitrogens with zero attached hydrogens (tertiary/aromatic N) is 3. The summed E-state index contributed by atoms with van der Waals surface area (Å²) in [6.45, 7) is 1.79. The fourth-order valence-electron chi connectivity index (χ4n) is 0.207. The van der Waals surface area contributed by atoms with E-state index in [1.807, 2.05) is 0 Å². The number of hydrogen-bond donors (Lipinski definition) is 5. The monoisotopic (exact) mass is 216 g/mol. The summed E-state index contributed by atoms with van der Waals surface area (Å²) >= 11 is 0. The van der Waals surface area contributed by atoms with Crippen LogP contribution in [0.5, 0.6) is 0 Å². The molecule has 0 atom stereocenters. The normalized spacial score (nSPS) is 9.00. The van der Waals surface area contributed by atoms with E-state index < -0.39 is 10.4 Å². The zero-order chi connectivity index (χ0) is 10.9. The molecule has 0 saturated carbocycles. The van der Waals surface area contributed by atoms with Gasteiger partial charge in [0.2, 0.25) is 0 Å². The lowest BCUT2D eigenvalue weighted by molar-refractivity contribution is -0.176. The highest BCUT2D eigenvalue weighted by atomic mass is 32.3. The summed E-state index contributed by atoms with van der Waals surface area (Å²) in [4.78, 5) is 0. The lowest BCUT2D eigenvalue weighted by Crippen LogP contribution is -1.89. The number of tetrazole rings is 1. The van der Waals surface area contributed by atoms with Gasteiger partial charge in [0.05, 0.1) is 0 Å². The number of nitrogens with one attached hydrogen (secondary N) is 1. The van der Waals surface area contributed by atoms with E-state index in [0.29, 0.717) is 0 Å². The number of aromatic nitrogens is 4. The maximum atomic E-state index is 8.74. The number of aromatic amines is 1. The van der Waals surface area contributed by atoms with Crippen LogP contribution in [-0.2, 0) is 10.4 Å². The van der Waals surface area contributed by atoms with E-state index >= 15 is 0 Å². The molecule has 0 aliphatic rings. The standard InChI is InChI=1S/C2H4N4.H2O4S.H2O2/c1-2-3-5-6-4-2;1-5(2,3)4;1-2/h1H3,(H,3,4,5,6);(H2,1,2,3,4);1-2H. The van der Waals surface area contributed by atoms with E-state index in [2.05, 4.69) is 20.6 Å². The Morgan fingerprint density at radius 2 is 1.69 bits per heavy atom. The molecule has 78 valence electrons. The van der Waals surface area contributed by atoms with Crippen molar-refractivity contribution in [3.05, 3.63) is 5.82 Å². The van der Waals surface area contributed by atoms with Crippen LogP contribution in [-0.4, -0.2) is 48.7 Å². The fraction of sp³-hybridized carbons (Fsp3) is 0.500. The molecule has 0 saturated heterocycles. The molecular weight excluding hydrogens is 208 g/mol. The molecule has 1 heterocycles. The Morgan fingerprint density at radius 1 is 1.31 bits per heavy atom. The third kappa shape index (κ3) is 24.8. The predicted octanol–water partition coefficient (Wildman–Crippen LogP) is -1.13. The second-order valence-electron chi connectivity index (χ2n) is 1.43. The molecule has 11 heteroatoms. The highest BCUT2D eigenvalue weighted by Crippen LogP contribution is 1.69. The SMILES string of the molecule is Cc1nnn[nH]1.O=S(=O)(O)O.OO. The van der Waals surface area contributed by atoms with E-state index in [-0.39, 0.29) is 0 Å². The van der Waals surface area contributed by atoms with Gasteiger partial charge in [-0.1, -0.05) is 0 Å². The Balaban J connectivity index is 0. The van der Waals surface area contributed by atoms with E-state index in [9.17, 15) is 0 Å². The highest BCUT2D eigenvalue weighted by molar-refractivity contribution is 7.79. The summed E-state index contributed by atoms with van der Waals surface area (Å²) in [6.07, 6.45) is 0. The van der Waals surface area contributed by atoms with Crippen LogP contribution in [0.2, 0.25) is 0 Å². The first kappa shape index (κ1) is 14.4. The summed E-state index contributed by atoms with van der Waals surface area (Å²) in [5, 5.41) is 24.6. The van der Waals surface area contributed by atoms with Gasteiger partial charge in [-0.25, -0.2) is 5.10 Å². The first-order valence-electron chi connectivity index (χ1n) is 2.50. The van der Waals surface area contributed by atoms with Crippen molar-refractivity contribution in [2.75, 3.05) is 0 Å². The molecule has 0 bridgehead atoms. The molecule has 0 spiro atoms. The van der Waals surface area contributed by atoms with Gasteiger partial charge in [-0.3, -0.25) is 19.6 Å². The predicted molar refractivity (Wildman–Crippen MR) is 38.3 cm³/mol. The van der Waals surface area contributed by atoms with Gasteiger partial charge in [-0.15, -0.1) is 5.10 Å². The fourth-order valence-corrected chi connectivity index (χ4v) is 0.207. The van der Waals surface area contributed by atoms with Crippen LogP contribution in [0, 0.1) is 6.92 Å². The summed E-state index contributed by atoms with van der Waals surface area (Å²) in [5.41, 5.74) is 0.